The number of rotatable bonds is 4. The number of nitrogens with one attached hydrogen (secondary N) is 1. The van der Waals surface area contributed by atoms with E-state index in [0.29, 0.717) is 28.5 Å². The molecule has 0 fully saturated rings. The molecule has 104 valence electrons. The van der Waals surface area contributed by atoms with Gasteiger partial charge in [0.1, 0.15) is 0 Å². The Morgan fingerprint density at radius 1 is 1.47 bits per heavy atom. The topological polar surface area (TPSA) is 42.7 Å². The van der Waals surface area contributed by atoms with Crippen molar-refractivity contribution in [1.29, 1.82) is 0 Å². The van der Waals surface area contributed by atoms with E-state index < -0.39 is 11.2 Å². The van der Waals surface area contributed by atoms with Gasteiger partial charge in [0, 0.05) is 24.3 Å². The minimum atomic E-state index is -4.40. The van der Waals surface area contributed by atoms with Crippen LogP contribution in [0.1, 0.15) is 28.5 Å². The lowest BCUT2D eigenvalue weighted by atomic mass is 10.2. The molecule has 4 nitrogen and oxygen atoms in total. The maximum Gasteiger partial charge on any atom is 0.443 e. The average molecular weight is 290 g/mol. The van der Waals surface area contributed by atoms with Crippen LogP contribution >= 0.6 is 11.3 Å². The van der Waals surface area contributed by atoms with Gasteiger partial charge in [-0.05, 0) is 12.6 Å². The molecule has 1 N–H and O–H groups in total. The van der Waals surface area contributed by atoms with Crippen molar-refractivity contribution in [2.45, 2.75) is 19.1 Å². The maximum atomic E-state index is 12.6. The molecule has 1 atom stereocenters. The van der Waals surface area contributed by atoms with E-state index in [0.717, 1.165) is 0 Å². The molecule has 0 aliphatic heterocycles. The first-order chi connectivity index (χ1) is 8.91. The van der Waals surface area contributed by atoms with Crippen molar-refractivity contribution in [2.75, 3.05) is 6.54 Å². The van der Waals surface area contributed by atoms with Gasteiger partial charge in [0.25, 0.3) is 0 Å². The van der Waals surface area contributed by atoms with Crippen LogP contribution in [0.15, 0.2) is 18.5 Å². The zero-order valence-corrected chi connectivity index (χ0v) is 11.2. The summed E-state index contributed by atoms with van der Waals surface area (Å²) in [6.45, 7) is 2.52. The van der Waals surface area contributed by atoms with E-state index in [4.69, 9.17) is 0 Å². The molecule has 0 radical (unpaired) electrons. The van der Waals surface area contributed by atoms with E-state index in [-0.39, 0.29) is 6.04 Å². The first-order valence-electron chi connectivity index (χ1n) is 5.67. The van der Waals surface area contributed by atoms with Crippen molar-refractivity contribution in [3.05, 3.63) is 34.0 Å². The summed E-state index contributed by atoms with van der Waals surface area (Å²) >= 11 is 0.644. The van der Waals surface area contributed by atoms with Gasteiger partial charge in [0.2, 0.25) is 0 Å². The number of aryl methyl sites for hydroxylation is 1. The zero-order valence-electron chi connectivity index (χ0n) is 10.4. The van der Waals surface area contributed by atoms with Crippen molar-refractivity contribution >= 4 is 11.3 Å². The highest BCUT2D eigenvalue weighted by Gasteiger charge is 2.35. The molecular formula is C11H13F3N4S. The van der Waals surface area contributed by atoms with Gasteiger partial charge in [0.15, 0.2) is 5.01 Å². The fraction of sp³-hybridized carbons (Fsp3) is 0.455. The first kappa shape index (κ1) is 14.0. The predicted molar refractivity (Wildman–Crippen MR) is 65.8 cm³/mol. The minimum Gasteiger partial charge on any atom is -0.304 e. The second kappa shape index (κ2) is 5.30. The molecule has 0 saturated heterocycles. The van der Waals surface area contributed by atoms with Crippen LogP contribution in [0.2, 0.25) is 0 Å². The number of nitrogens with zero attached hydrogens (tertiary/aromatic N) is 3. The third kappa shape index (κ3) is 3.13. The van der Waals surface area contributed by atoms with Crippen molar-refractivity contribution in [2.24, 2.45) is 7.05 Å². The Balaban J connectivity index is 2.32. The number of alkyl halides is 3. The maximum absolute atomic E-state index is 12.6. The second-order valence-corrected chi connectivity index (χ2v) is 5.03. The molecule has 2 aromatic rings. The largest absolute Gasteiger partial charge is 0.443 e. The number of aromatic nitrogens is 3. The average Bonchev–Trinajstić information content (AvgIpc) is 2.93. The van der Waals surface area contributed by atoms with Gasteiger partial charge in [-0.25, -0.2) is 4.98 Å². The standard InChI is InChI=1S/C11H13F3N4S/c1-3-15-9(7-4-5-18(2)17-7)8-6-16-10(19-8)11(12,13)14/h4-6,9,15H,3H2,1-2H3. The highest BCUT2D eigenvalue weighted by atomic mass is 32.1. The molecule has 0 aliphatic carbocycles. The summed E-state index contributed by atoms with van der Waals surface area (Å²) in [5.74, 6) is 0. The molecule has 0 amide bonds. The summed E-state index contributed by atoms with van der Waals surface area (Å²) in [5, 5.41) is 6.52. The highest BCUT2D eigenvalue weighted by molar-refractivity contribution is 7.11. The van der Waals surface area contributed by atoms with Gasteiger partial charge in [-0.1, -0.05) is 6.92 Å². The third-order valence-corrected chi connectivity index (χ3v) is 3.60. The van der Waals surface area contributed by atoms with Gasteiger partial charge < -0.3 is 5.32 Å². The Morgan fingerprint density at radius 2 is 2.21 bits per heavy atom. The SMILES string of the molecule is CCNC(c1ccn(C)n1)c1cnc(C(F)(F)F)s1. The molecule has 0 aliphatic rings. The normalized spacial score (nSPS) is 13.7. The molecule has 0 saturated carbocycles. The van der Waals surface area contributed by atoms with Crippen molar-refractivity contribution < 1.29 is 13.2 Å². The summed E-state index contributed by atoms with van der Waals surface area (Å²) in [4.78, 5) is 3.95. The van der Waals surface area contributed by atoms with Crippen LogP contribution < -0.4 is 5.32 Å². The van der Waals surface area contributed by atoms with Crippen molar-refractivity contribution in [3.8, 4) is 0 Å². The van der Waals surface area contributed by atoms with Crippen molar-refractivity contribution in [1.82, 2.24) is 20.1 Å². The van der Waals surface area contributed by atoms with Crippen LogP contribution in [0.3, 0.4) is 0 Å². The zero-order chi connectivity index (χ0) is 14.0. The van der Waals surface area contributed by atoms with Gasteiger partial charge >= 0.3 is 6.18 Å². The first-order valence-corrected chi connectivity index (χ1v) is 6.49. The van der Waals surface area contributed by atoms with Crippen LogP contribution in [0.5, 0.6) is 0 Å². The minimum absolute atomic E-state index is 0.361. The quantitative estimate of drug-likeness (QED) is 0.941. The van der Waals surface area contributed by atoms with E-state index in [1.807, 2.05) is 6.92 Å². The fourth-order valence-electron chi connectivity index (χ4n) is 1.69. The van der Waals surface area contributed by atoms with Crippen LogP contribution in [0.25, 0.3) is 0 Å². The Kier molecular flexibility index (Phi) is 3.91. The van der Waals surface area contributed by atoms with Gasteiger partial charge in [0.05, 0.1) is 11.7 Å². The fourth-order valence-corrected chi connectivity index (χ4v) is 2.56. The lowest BCUT2D eigenvalue weighted by molar-refractivity contribution is -0.137. The van der Waals surface area contributed by atoms with E-state index in [2.05, 4.69) is 15.4 Å². The molecule has 0 aromatic carbocycles. The third-order valence-electron chi connectivity index (χ3n) is 2.49. The van der Waals surface area contributed by atoms with Crippen LogP contribution in [0, 0.1) is 0 Å². The number of hydrogen-bond donors (Lipinski definition) is 1. The number of hydrogen-bond acceptors (Lipinski definition) is 4. The molecule has 8 heteroatoms. The lowest BCUT2D eigenvalue weighted by Crippen LogP contribution is -2.21. The lowest BCUT2D eigenvalue weighted by Gasteiger charge is -2.13. The van der Waals surface area contributed by atoms with Gasteiger partial charge in [-0.15, -0.1) is 11.3 Å². The Morgan fingerprint density at radius 3 is 2.68 bits per heavy atom. The predicted octanol–water partition coefficient (Wildman–Crippen LogP) is 2.59. The number of thiazole rings is 1. The molecule has 0 bridgehead atoms. The van der Waals surface area contributed by atoms with Crippen molar-refractivity contribution in [3.63, 3.8) is 0 Å². The summed E-state index contributed by atoms with van der Waals surface area (Å²) in [6, 6.07) is 1.42. The molecule has 2 rings (SSSR count). The molecular weight excluding hydrogens is 277 g/mol. The van der Waals surface area contributed by atoms with E-state index in [1.54, 1.807) is 24.0 Å². The highest BCUT2D eigenvalue weighted by Crippen LogP contribution is 2.35. The van der Waals surface area contributed by atoms with E-state index >= 15 is 0 Å². The molecule has 19 heavy (non-hydrogen) atoms. The molecule has 2 aromatic heterocycles. The second-order valence-electron chi connectivity index (χ2n) is 3.97. The van der Waals surface area contributed by atoms with Gasteiger partial charge in [-0.2, -0.15) is 18.3 Å². The summed E-state index contributed by atoms with van der Waals surface area (Å²) < 4.78 is 39.3. The molecule has 2 heterocycles. The van der Waals surface area contributed by atoms with Crippen LogP contribution in [-0.4, -0.2) is 21.3 Å². The van der Waals surface area contributed by atoms with E-state index in [1.165, 1.54) is 6.20 Å². The number of halogens is 3. The Labute approximate surface area is 112 Å². The van der Waals surface area contributed by atoms with Crippen LogP contribution in [-0.2, 0) is 13.2 Å². The Bertz CT molecular complexity index is 546. The molecule has 0 spiro atoms. The summed E-state index contributed by atoms with van der Waals surface area (Å²) in [7, 11) is 1.76. The monoisotopic (exact) mass is 290 g/mol. The molecule has 1 unspecified atom stereocenters. The van der Waals surface area contributed by atoms with Gasteiger partial charge in [-0.3, -0.25) is 4.68 Å². The van der Waals surface area contributed by atoms with E-state index in [9.17, 15) is 13.2 Å². The van der Waals surface area contributed by atoms with Crippen LogP contribution in [0.4, 0.5) is 13.2 Å². The summed E-state index contributed by atoms with van der Waals surface area (Å²) in [5.41, 5.74) is 0.682. The Hall–Kier alpha value is -1.41. The smallest absolute Gasteiger partial charge is 0.304 e. The summed E-state index contributed by atoms with van der Waals surface area (Å²) in [6.07, 6.45) is -1.38.